The SMILES string of the molecule is CC1CCN(CC(=O)N2CCCC(COc3cccc(Cl)c3)(CC(=O)N3CCCCC3)C2)CC1. The van der Waals surface area contributed by atoms with Gasteiger partial charge < -0.3 is 14.5 Å². The number of halogens is 1. The minimum Gasteiger partial charge on any atom is -0.493 e. The van der Waals surface area contributed by atoms with Gasteiger partial charge in [0.05, 0.1) is 13.2 Å². The number of likely N-dealkylation sites (tertiary alicyclic amines) is 3. The molecule has 0 aliphatic carbocycles. The fourth-order valence-electron chi connectivity index (χ4n) is 5.61. The zero-order chi connectivity index (χ0) is 24.0. The van der Waals surface area contributed by atoms with Crippen LogP contribution in [0.5, 0.6) is 5.75 Å². The first-order valence-corrected chi connectivity index (χ1v) is 13.5. The molecule has 1 unspecified atom stereocenters. The van der Waals surface area contributed by atoms with E-state index < -0.39 is 0 Å². The Morgan fingerprint density at radius 2 is 1.74 bits per heavy atom. The molecule has 0 radical (unpaired) electrons. The molecular formula is C27H40ClN3O3. The average molecular weight is 490 g/mol. The van der Waals surface area contributed by atoms with Crippen molar-refractivity contribution in [2.45, 2.75) is 58.3 Å². The highest BCUT2D eigenvalue weighted by molar-refractivity contribution is 6.30. The Morgan fingerprint density at radius 1 is 1.00 bits per heavy atom. The molecule has 0 bridgehead atoms. The lowest BCUT2D eigenvalue weighted by molar-refractivity contribution is -0.142. The van der Waals surface area contributed by atoms with Crippen molar-refractivity contribution in [3.63, 3.8) is 0 Å². The third-order valence-corrected chi connectivity index (χ3v) is 8.06. The zero-order valence-electron chi connectivity index (χ0n) is 20.6. The van der Waals surface area contributed by atoms with E-state index in [2.05, 4.69) is 11.8 Å². The molecule has 188 valence electrons. The summed E-state index contributed by atoms with van der Waals surface area (Å²) in [7, 11) is 0. The fraction of sp³-hybridized carbons (Fsp3) is 0.704. The second kappa shape index (κ2) is 11.8. The van der Waals surface area contributed by atoms with Gasteiger partial charge in [-0.05, 0) is 82.2 Å². The van der Waals surface area contributed by atoms with Crippen LogP contribution in [0.1, 0.15) is 58.3 Å². The Labute approximate surface area is 209 Å². The van der Waals surface area contributed by atoms with E-state index in [-0.39, 0.29) is 17.2 Å². The molecule has 3 aliphatic rings. The second-order valence-corrected chi connectivity index (χ2v) is 11.2. The summed E-state index contributed by atoms with van der Waals surface area (Å²) < 4.78 is 6.20. The Bertz CT molecular complexity index is 836. The summed E-state index contributed by atoms with van der Waals surface area (Å²) in [4.78, 5) is 32.9. The lowest BCUT2D eigenvalue weighted by Gasteiger charge is -2.44. The number of benzene rings is 1. The summed E-state index contributed by atoms with van der Waals surface area (Å²) in [5.74, 6) is 1.85. The van der Waals surface area contributed by atoms with Crippen LogP contribution in [0.4, 0.5) is 0 Å². The van der Waals surface area contributed by atoms with E-state index in [4.69, 9.17) is 16.3 Å². The molecule has 1 aromatic rings. The smallest absolute Gasteiger partial charge is 0.236 e. The molecule has 1 aromatic carbocycles. The molecule has 3 heterocycles. The molecule has 34 heavy (non-hydrogen) atoms. The number of rotatable bonds is 7. The molecule has 0 aromatic heterocycles. The number of nitrogens with zero attached hydrogens (tertiary/aromatic N) is 3. The normalized spacial score (nSPS) is 24.8. The van der Waals surface area contributed by atoms with Crippen LogP contribution in [0.2, 0.25) is 5.02 Å². The number of hydrogen-bond acceptors (Lipinski definition) is 4. The van der Waals surface area contributed by atoms with E-state index in [1.165, 1.54) is 6.42 Å². The standard InChI is InChI=1S/C27H40ClN3O3/c1-22-9-15-29(16-10-22)19-26(33)31-14-6-11-27(20-31,18-25(32)30-12-3-2-4-13-30)21-34-24-8-5-7-23(28)17-24/h5,7-8,17,22H,2-4,6,9-16,18-21H2,1H3. The van der Waals surface area contributed by atoms with Gasteiger partial charge in [0.2, 0.25) is 11.8 Å². The van der Waals surface area contributed by atoms with Crippen molar-refractivity contribution in [3.05, 3.63) is 29.3 Å². The minimum atomic E-state index is -0.374. The predicted molar refractivity (Wildman–Crippen MR) is 135 cm³/mol. The van der Waals surface area contributed by atoms with Gasteiger partial charge in [0.15, 0.2) is 0 Å². The molecule has 4 rings (SSSR count). The lowest BCUT2D eigenvalue weighted by Crippen LogP contribution is -2.53. The molecule has 3 saturated heterocycles. The van der Waals surface area contributed by atoms with Crippen LogP contribution in [0, 0.1) is 11.3 Å². The van der Waals surface area contributed by atoms with Crippen molar-refractivity contribution in [1.82, 2.24) is 14.7 Å². The van der Waals surface area contributed by atoms with E-state index in [1.54, 1.807) is 0 Å². The van der Waals surface area contributed by atoms with E-state index in [1.807, 2.05) is 34.1 Å². The van der Waals surface area contributed by atoms with Crippen molar-refractivity contribution in [2.75, 3.05) is 52.4 Å². The monoisotopic (exact) mass is 489 g/mol. The molecular weight excluding hydrogens is 450 g/mol. The molecule has 3 fully saturated rings. The molecule has 0 spiro atoms. The molecule has 1 atom stereocenters. The van der Waals surface area contributed by atoms with Crippen molar-refractivity contribution >= 4 is 23.4 Å². The average Bonchev–Trinajstić information content (AvgIpc) is 2.85. The maximum atomic E-state index is 13.3. The highest BCUT2D eigenvalue weighted by atomic mass is 35.5. The first-order chi connectivity index (χ1) is 16.4. The third-order valence-electron chi connectivity index (χ3n) is 7.83. The minimum absolute atomic E-state index is 0.187. The third kappa shape index (κ3) is 6.88. The number of piperidine rings is 3. The van der Waals surface area contributed by atoms with E-state index >= 15 is 0 Å². The quantitative estimate of drug-likeness (QED) is 0.567. The van der Waals surface area contributed by atoms with E-state index in [9.17, 15) is 9.59 Å². The molecule has 6 nitrogen and oxygen atoms in total. The van der Waals surface area contributed by atoms with Crippen LogP contribution in [0.15, 0.2) is 24.3 Å². The van der Waals surface area contributed by atoms with E-state index in [0.29, 0.717) is 36.9 Å². The van der Waals surface area contributed by atoms with Crippen LogP contribution < -0.4 is 4.74 Å². The number of hydrogen-bond donors (Lipinski definition) is 0. The van der Waals surface area contributed by atoms with E-state index in [0.717, 1.165) is 77.2 Å². The van der Waals surface area contributed by atoms with Gasteiger partial charge in [0, 0.05) is 43.0 Å². The molecule has 2 amide bonds. The first-order valence-electron chi connectivity index (χ1n) is 13.1. The highest BCUT2D eigenvalue weighted by Crippen LogP contribution is 2.36. The Hall–Kier alpha value is -1.79. The maximum Gasteiger partial charge on any atom is 0.236 e. The van der Waals surface area contributed by atoms with Crippen LogP contribution in [-0.2, 0) is 9.59 Å². The summed E-state index contributed by atoms with van der Waals surface area (Å²) in [6.45, 7) is 8.22. The predicted octanol–water partition coefficient (Wildman–Crippen LogP) is 4.46. The van der Waals surface area contributed by atoms with Crippen LogP contribution >= 0.6 is 11.6 Å². The Kier molecular flexibility index (Phi) is 8.75. The van der Waals surface area contributed by atoms with Crippen molar-refractivity contribution < 1.29 is 14.3 Å². The van der Waals surface area contributed by atoms with Gasteiger partial charge in [-0.15, -0.1) is 0 Å². The molecule has 0 N–H and O–H groups in total. The van der Waals surface area contributed by atoms with Gasteiger partial charge in [-0.25, -0.2) is 0 Å². The number of amides is 2. The summed E-state index contributed by atoms with van der Waals surface area (Å²) >= 11 is 6.15. The van der Waals surface area contributed by atoms with Crippen molar-refractivity contribution in [1.29, 1.82) is 0 Å². The molecule has 7 heteroatoms. The Balaban J connectivity index is 1.44. The van der Waals surface area contributed by atoms with Gasteiger partial charge in [-0.3, -0.25) is 14.5 Å². The zero-order valence-corrected chi connectivity index (χ0v) is 21.4. The molecule has 0 saturated carbocycles. The summed E-state index contributed by atoms with van der Waals surface area (Å²) in [6, 6.07) is 7.41. The van der Waals surface area contributed by atoms with Crippen LogP contribution in [0.25, 0.3) is 0 Å². The number of carbonyl (C=O) groups is 2. The number of carbonyl (C=O) groups excluding carboxylic acids is 2. The highest BCUT2D eigenvalue weighted by Gasteiger charge is 2.41. The largest absolute Gasteiger partial charge is 0.493 e. The summed E-state index contributed by atoms with van der Waals surface area (Å²) in [5.41, 5.74) is -0.374. The first kappa shape index (κ1) is 25.3. The van der Waals surface area contributed by atoms with Gasteiger partial charge in [-0.1, -0.05) is 24.6 Å². The fourth-order valence-corrected chi connectivity index (χ4v) is 5.79. The maximum absolute atomic E-state index is 13.3. The van der Waals surface area contributed by atoms with Gasteiger partial charge in [-0.2, -0.15) is 0 Å². The molecule has 3 aliphatic heterocycles. The van der Waals surface area contributed by atoms with Gasteiger partial charge in [0.25, 0.3) is 0 Å². The van der Waals surface area contributed by atoms with Gasteiger partial charge in [0.1, 0.15) is 5.75 Å². The van der Waals surface area contributed by atoms with Crippen LogP contribution in [-0.4, -0.2) is 78.9 Å². The topological polar surface area (TPSA) is 53.1 Å². The van der Waals surface area contributed by atoms with Crippen LogP contribution in [0.3, 0.4) is 0 Å². The van der Waals surface area contributed by atoms with Gasteiger partial charge >= 0.3 is 0 Å². The summed E-state index contributed by atoms with van der Waals surface area (Å²) in [5, 5.41) is 0.632. The number of ether oxygens (including phenoxy) is 1. The second-order valence-electron chi connectivity index (χ2n) is 10.7. The summed E-state index contributed by atoms with van der Waals surface area (Å²) in [6.07, 6.45) is 7.90. The van der Waals surface area contributed by atoms with Crippen molar-refractivity contribution in [3.8, 4) is 5.75 Å². The lowest BCUT2D eigenvalue weighted by atomic mass is 9.77. The van der Waals surface area contributed by atoms with Crippen molar-refractivity contribution in [2.24, 2.45) is 11.3 Å². The Morgan fingerprint density at radius 3 is 2.47 bits per heavy atom.